The third kappa shape index (κ3) is 5.75. The molecule has 3 aromatic carbocycles. The van der Waals surface area contributed by atoms with Crippen molar-refractivity contribution in [3.8, 4) is 22.5 Å². The Kier molecular flexibility index (Phi) is 7.80. The highest BCUT2D eigenvalue weighted by Gasteiger charge is 2.15. The minimum atomic E-state index is 0.125. The number of carbonyl (C=O) groups is 1. The lowest BCUT2D eigenvalue weighted by molar-refractivity contribution is -0.131. The fraction of sp³-hybridized carbons (Fsp3) is 0.250. The van der Waals surface area contributed by atoms with E-state index < -0.39 is 0 Å². The second-order valence-electron chi connectivity index (χ2n) is 8.23. The lowest BCUT2D eigenvalue weighted by Gasteiger charge is -2.23. The third-order valence-corrected chi connectivity index (χ3v) is 6.46. The van der Waals surface area contributed by atoms with Crippen LogP contribution in [0.4, 0.5) is 0 Å². The maximum atomic E-state index is 13.2. The molecule has 0 spiro atoms. The van der Waals surface area contributed by atoms with Gasteiger partial charge >= 0.3 is 0 Å². The molecule has 6 heteroatoms. The van der Waals surface area contributed by atoms with Gasteiger partial charge < -0.3 is 9.42 Å². The van der Waals surface area contributed by atoms with Crippen molar-refractivity contribution in [2.75, 3.05) is 12.8 Å². The van der Waals surface area contributed by atoms with Gasteiger partial charge in [-0.3, -0.25) is 4.79 Å². The number of rotatable bonds is 9. The van der Waals surface area contributed by atoms with Crippen LogP contribution in [-0.2, 0) is 17.8 Å². The van der Waals surface area contributed by atoms with Crippen LogP contribution in [0.1, 0.15) is 30.4 Å². The number of nitrogens with zero attached hydrogens (tertiary/aromatic N) is 3. The van der Waals surface area contributed by atoms with Crippen molar-refractivity contribution < 1.29 is 9.32 Å². The number of carbonyl (C=O) groups excluding carboxylic acids is 1. The molecule has 1 amide bonds. The van der Waals surface area contributed by atoms with Gasteiger partial charge in [0.25, 0.3) is 0 Å². The summed E-state index contributed by atoms with van der Waals surface area (Å²) >= 11 is 1.74. The van der Waals surface area contributed by atoms with E-state index in [1.165, 1.54) is 16.0 Å². The number of thioether (sulfide) groups is 1. The minimum Gasteiger partial charge on any atom is -0.339 e. The summed E-state index contributed by atoms with van der Waals surface area (Å²) < 4.78 is 5.11. The van der Waals surface area contributed by atoms with Crippen LogP contribution in [0.5, 0.6) is 0 Å². The number of aryl methyl sites for hydroxylation is 1. The Morgan fingerprint density at radius 2 is 1.76 bits per heavy atom. The van der Waals surface area contributed by atoms with Crippen molar-refractivity contribution in [2.24, 2.45) is 0 Å². The number of benzene rings is 3. The first-order valence-corrected chi connectivity index (χ1v) is 12.7. The van der Waals surface area contributed by atoms with Gasteiger partial charge in [-0.15, -0.1) is 11.8 Å². The molecular weight excluding hydrogens is 442 g/mol. The predicted molar refractivity (Wildman–Crippen MR) is 138 cm³/mol. The molecule has 0 unspecified atom stereocenters. The average molecular weight is 472 g/mol. The lowest BCUT2D eigenvalue weighted by Crippen LogP contribution is -2.32. The summed E-state index contributed by atoms with van der Waals surface area (Å²) in [6.45, 7) is 5.13. The summed E-state index contributed by atoms with van der Waals surface area (Å²) in [6, 6.07) is 24.7. The number of aromatic nitrogens is 2. The zero-order valence-electron chi connectivity index (χ0n) is 19.8. The van der Waals surface area contributed by atoms with Crippen LogP contribution in [0.25, 0.3) is 22.5 Å². The van der Waals surface area contributed by atoms with E-state index in [2.05, 4.69) is 71.9 Å². The molecule has 0 aliphatic heterocycles. The molecule has 0 fully saturated rings. The van der Waals surface area contributed by atoms with E-state index in [4.69, 9.17) is 4.52 Å². The van der Waals surface area contributed by atoms with E-state index >= 15 is 0 Å². The Morgan fingerprint density at radius 3 is 2.47 bits per heavy atom. The van der Waals surface area contributed by atoms with E-state index in [1.807, 2.05) is 29.2 Å². The highest BCUT2D eigenvalue weighted by atomic mass is 32.2. The number of hydrogen-bond acceptors (Lipinski definition) is 5. The molecule has 1 heterocycles. The zero-order chi connectivity index (χ0) is 23.9. The van der Waals surface area contributed by atoms with E-state index in [0.29, 0.717) is 31.2 Å². The summed E-state index contributed by atoms with van der Waals surface area (Å²) in [4.78, 5) is 20.7. The summed E-state index contributed by atoms with van der Waals surface area (Å²) in [7, 11) is 0. The Labute approximate surface area is 205 Å². The lowest BCUT2D eigenvalue weighted by atomic mass is 10.0. The van der Waals surface area contributed by atoms with Crippen molar-refractivity contribution in [3.63, 3.8) is 0 Å². The maximum absolute atomic E-state index is 13.2. The second-order valence-corrected chi connectivity index (χ2v) is 9.07. The highest BCUT2D eigenvalue weighted by Crippen LogP contribution is 2.30. The normalized spacial score (nSPS) is 10.9. The monoisotopic (exact) mass is 471 g/mol. The minimum absolute atomic E-state index is 0.125. The smallest absolute Gasteiger partial charge is 0.227 e. The molecule has 0 bridgehead atoms. The van der Waals surface area contributed by atoms with Crippen LogP contribution in [0.2, 0.25) is 0 Å². The first kappa shape index (κ1) is 23.8. The van der Waals surface area contributed by atoms with Crippen LogP contribution in [-0.4, -0.2) is 33.7 Å². The number of hydrogen-bond donors (Lipinski definition) is 0. The topological polar surface area (TPSA) is 59.2 Å². The largest absolute Gasteiger partial charge is 0.339 e. The molecule has 5 nitrogen and oxygen atoms in total. The number of amides is 1. The Hall–Kier alpha value is -3.38. The van der Waals surface area contributed by atoms with E-state index in [9.17, 15) is 4.79 Å². The van der Waals surface area contributed by atoms with Gasteiger partial charge in [0.2, 0.25) is 17.6 Å². The molecule has 0 atom stereocenters. The van der Waals surface area contributed by atoms with Gasteiger partial charge in [-0.25, -0.2) is 0 Å². The van der Waals surface area contributed by atoms with E-state index in [-0.39, 0.29) is 5.91 Å². The zero-order valence-corrected chi connectivity index (χ0v) is 20.6. The van der Waals surface area contributed by atoms with Crippen LogP contribution in [0.15, 0.2) is 82.2 Å². The first-order valence-electron chi connectivity index (χ1n) is 11.5. The second kappa shape index (κ2) is 11.2. The van der Waals surface area contributed by atoms with Gasteiger partial charge in [0.1, 0.15) is 0 Å². The van der Waals surface area contributed by atoms with Crippen LogP contribution in [0.3, 0.4) is 0 Å². The van der Waals surface area contributed by atoms with Crippen molar-refractivity contribution >= 4 is 17.7 Å². The van der Waals surface area contributed by atoms with Crippen molar-refractivity contribution in [1.82, 2.24) is 15.0 Å². The van der Waals surface area contributed by atoms with Crippen molar-refractivity contribution in [2.45, 2.75) is 38.1 Å². The van der Waals surface area contributed by atoms with Gasteiger partial charge in [0.05, 0.1) is 6.42 Å². The van der Waals surface area contributed by atoms with Gasteiger partial charge in [-0.05, 0) is 47.1 Å². The van der Waals surface area contributed by atoms with Crippen LogP contribution in [0, 0.1) is 6.92 Å². The van der Waals surface area contributed by atoms with Crippen LogP contribution < -0.4 is 0 Å². The Balaban J connectivity index is 1.46. The summed E-state index contributed by atoms with van der Waals surface area (Å²) in [5.41, 5.74) is 5.34. The highest BCUT2D eigenvalue weighted by molar-refractivity contribution is 7.98. The molecule has 0 aliphatic rings. The molecule has 174 valence electrons. The average Bonchev–Trinajstić information content (AvgIpc) is 3.31. The molecule has 4 aromatic rings. The third-order valence-electron chi connectivity index (χ3n) is 5.66. The summed E-state index contributed by atoms with van der Waals surface area (Å²) in [5.74, 6) is 1.22. The Bertz CT molecular complexity index is 1250. The molecule has 0 radical (unpaired) electrons. The molecule has 0 saturated heterocycles. The maximum Gasteiger partial charge on any atom is 0.227 e. The summed E-state index contributed by atoms with van der Waals surface area (Å²) in [6.07, 6.45) is 3.38. The van der Waals surface area contributed by atoms with Crippen molar-refractivity contribution in [1.29, 1.82) is 0 Å². The first-order chi connectivity index (χ1) is 16.6. The molecule has 34 heavy (non-hydrogen) atoms. The Morgan fingerprint density at radius 1 is 0.971 bits per heavy atom. The molecule has 0 N–H and O–H groups in total. The van der Waals surface area contributed by atoms with Crippen molar-refractivity contribution in [3.05, 3.63) is 89.8 Å². The molecule has 4 rings (SSSR count). The van der Waals surface area contributed by atoms with E-state index in [0.717, 1.165) is 23.1 Å². The molecule has 0 aliphatic carbocycles. The van der Waals surface area contributed by atoms with Gasteiger partial charge in [0, 0.05) is 30.5 Å². The molecule has 1 aromatic heterocycles. The molecular formula is C28H29N3O2S. The van der Waals surface area contributed by atoms with Gasteiger partial charge in [-0.2, -0.15) is 4.98 Å². The van der Waals surface area contributed by atoms with Gasteiger partial charge in [-0.1, -0.05) is 72.7 Å². The predicted octanol–water partition coefficient (Wildman–Crippen LogP) is 6.42. The SMILES string of the molecule is CCCN(Cc1cccc(-c2noc(C)n2)c1)C(=O)Cc1ccc(-c2ccccc2SC)cc1. The fourth-order valence-corrected chi connectivity index (χ4v) is 4.60. The summed E-state index contributed by atoms with van der Waals surface area (Å²) in [5, 5.41) is 4.01. The van der Waals surface area contributed by atoms with Crippen LogP contribution >= 0.6 is 11.8 Å². The standard InChI is InChI=1S/C28H29N3O2S/c1-4-16-31(19-22-8-7-9-24(17-22)28-29-20(2)33-30-28)27(32)18-21-12-14-23(15-13-21)25-10-5-6-11-26(25)34-3/h5-15,17H,4,16,18-19H2,1-3H3. The fourth-order valence-electron chi connectivity index (χ4n) is 3.98. The quantitative estimate of drug-likeness (QED) is 0.264. The van der Waals surface area contributed by atoms with Gasteiger partial charge in [0.15, 0.2) is 0 Å². The van der Waals surface area contributed by atoms with E-state index in [1.54, 1.807) is 18.7 Å². The molecule has 0 saturated carbocycles.